The number of hydrogen-bond donors (Lipinski definition) is 2. The van der Waals surface area contributed by atoms with Gasteiger partial charge in [-0.15, -0.1) is 0 Å². The molecule has 0 aliphatic heterocycles. The van der Waals surface area contributed by atoms with Gasteiger partial charge in [-0.3, -0.25) is 9.11 Å². The number of hydrogen-bond acceptors (Lipinski definition) is 2. The van der Waals surface area contributed by atoms with Crippen molar-refractivity contribution >= 4 is 33.7 Å². The molecule has 0 heterocycles. The van der Waals surface area contributed by atoms with E-state index in [4.69, 9.17) is 13.3 Å². The minimum atomic E-state index is -3.83. The summed E-state index contributed by atoms with van der Waals surface area (Å²) < 4.78 is 24.0. The zero-order valence-electron chi connectivity index (χ0n) is 5.02. The molecular formula is H6MnO6S3Zn. The molecule has 0 spiro atoms. The predicted octanol–water partition coefficient (Wildman–Crippen LogP) is -1.28. The van der Waals surface area contributed by atoms with Crippen LogP contribution in [0.2, 0.25) is 0 Å². The molecule has 0 aromatic heterocycles. The van der Waals surface area contributed by atoms with Crippen LogP contribution in [0.1, 0.15) is 0 Å². The van der Waals surface area contributed by atoms with Gasteiger partial charge in [-0.05, 0) is 0 Å². The Morgan fingerprint density at radius 2 is 1.18 bits per heavy atom. The minimum Gasteiger partial charge on any atom is -2.00 e. The van der Waals surface area contributed by atoms with E-state index in [1.807, 2.05) is 0 Å². The van der Waals surface area contributed by atoms with Crippen LogP contribution in [-0.4, -0.2) is 18.8 Å². The van der Waals surface area contributed by atoms with Crippen LogP contribution in [0.5, 0.6) is 0 Å². The third-order valence-electron chi connectivity index (χ3n) is 0. The summed E-state index contributed by atoms with van der Waals surface area (Å²) in [6.07, 6.45) is 0. The van der Waals surface area contributed by atoms with Crippen molar-refractivity contribution in [2.24, 2.45) is 0 Å². The molecule has 0 atom stereocenters. The van der Waals surface area contributed by atoms with Gasteiger partial charge >= 0.3 is 36.5 Å². The van der Waals surface area contributed by atoms with Crippen molar-refractivity contribution in [3.8, 4) is 0 Å². The van der Waals surface area contributed by atoms with Crippen molar-refractivity contribution in [3.05, 3.63) is 0 Å². The average molecular weight is 319 g/mol. The van der Waals surface area contributed by atoms with Gasteiger partial charge in [-0.2, -0.15) is 17.7 Å². The maximum absolute atomic E-state index is 9.11. The molecule has 0 saturated heterocycles. The second-order valence-corrected chi connectivity index (χ2v) is 2.65. The quantitative estimate of drug-likeness (QED) is 0.536. The van der Waals surface area contributed by atoms with Gasteiger partial charge in [0.05, 0.1) is 0 Å². The van der Waals surface area contributed by atoms with Gasteiger partial charge in [0, 0.05) is 11.2 Å². The Bertz CT molecular complexity index is 101. The van der Waals surface area contributed by atoms with Crippen LogP contribution in [0.15, 0.2) is 0 Å². The first-order valence-electron chi connectivity index (χ1n) is 0.698. The van der Waals surface area contributed by atoms with Gasteiger partial charge in [0.2, 0.25) is 0 Å². The smallest absolute Gasteiger partial charge is 2.00 e. The van der Waals surface area contributed by atoms with Crippen molar-refractivity contribution in [3.63, 3.8) is 0 Å². The Balaban J connectivity index is -0.00000000533. The van der Waals surface area contributed by atoms with Gasteiger partial charge in [0.15, 0.2) is 0 Å². The monoisotopic (exact) mass is 317 g/mol. The van der Waals surface area contributed by atoms with Crippen molar-refractivity contribution in [2.75, 3.05) is 0 Å². The molecule has 0 amide bonds. The molecule has 0 aliphatic carbocycles. The molecule has 4 N–H and O–H groups in total. The molecule has 69 valence electrons. The van der Waals surface area contributed by atoms with Gasteiger partial charge in [-0.25, -0.2) is 0 Å². The summed E-state index contributed by atoms with van der Waals surface area (Å²) in [7, 11) is -3.83. The fourth-order valence-corrected chi connectivity index (χ4v) is 0. The molecule has 0 bridgehead atoms. The van der Waals surface area contributed by atoms with Gasteiger partial charge in [0.25, 0.3) is 9.05 Å². The maximum atomic E-state index is 9.11. The Labute approximate surface area is 99.4 Å². The van der Waals surface area contributed by atoms with E-state index in [1.54, 1.807) is 0 Å². The molecule has 0 rings (SSSR count). The van der Waals surface area contributed by atoms with Crippen molar-refractivity contribution in [1.82, 2.24) is 0 Å². The summed E-state index contributed by atoms with van der Waals surface area (Å²) in [5, 5.41) is 0. The summed E-state index contributed by atoms with van der Waals surface area (Å²) in [4.78, 5) is 0. The van der Waals surface area contributed by atoms with E-state index >= 15 is 0 Å². The van der Waals surface area contributed by atoms with E-state index in [2.05, 4.69) is 11.2 Å². The van der Waals surface area contributed by atoms with E-state index in [-0.39, 0.29) is 66.5 Å². The first kappa shape index (κ1) is 53.7. The molecule has 0 fully saturated rings. The Hall–Kier alpha value is 1.66. The van der Waals surface area contributed by atoms with Crippen LogP contribution < -0.4 is 0 Å². The topological polar surface area (TPSA) is 146 Å². The van der Waals surface area contributed by atoms with Crippen LogP contribution in [0.3, 0.4) is 0 Å². The minimum absolute atomic E-state index is 0. The van der Waals surface area contributed by atoms with Gasteiger partial charge in [-0.1, -0.05) is 0 Å². The Morgan fingerprint density at radius 1 is 1.18 bits per heavy atom. The maximum Gasteiger partial charge on any atom is 2.00 e. The van der Waals surface area contributed by atoms with Gasteiger partial charge < -0.3 is 16.4 Å². The fourth-order valence-electron chi connectivity index (χ4n) is 0. The molecule has 11 heteroatoms. The van der Waals surface area contributed by atoms with Crippen molar-refractivity contribution < 1.29 is 66.3 Å². The van der Waals surface area contributed by atoms with E-state index in [1.165, 1.54) is 0 Å². The second kappa shape index (κ2) is 22.6. The molecule has 0 aromatic carbocycles. The van der Waals surface area contributed by atoms with E-state index in [0.717, 1.165) is 0 Å². The summed E-state index contributed by atoms with van der Waals surface area (Å²) in [5.74, 6) is 0. The van der Waals surface area contributed by atoms with E-state index in [0.29, 0.717) is 0 Å². The molecule has 0 aromatic rings. The molecular weight excluding hydrogens is 313 g/mol. The molecule has 0 unspecified atom stereocenters. The molecule has 6 nitrogen and oxygen atoms in total. The second-order valence-electron chi connectivity index (χ2n) is 0.448. The molecule has 1 radical (unpaired) electrons. The van der Waals surface area contributed by atoms with Crippen LogP contribution in [0.4, 0.5) is 0 Å². The Morgan fingerprint density at radius 3 is 1.18 bits per heavy atom. The third-order valence-corrected chi connectivity index (χ3v) is 0. The summed E-state index contributed by atoms with van der Waals surface area (Å²) in [5.41, 5.74) is 0. The van der Waals surface area contributed by atoms with Crippen LogP contribution in [0, 0.1) is 0 Å². The standard InChI is InChI=1S/Mn.H2O3S2.H2O.2O.H2S.Zn/c;1-5(2,3)4;;;;;/h;(H2,1,2,3,4);1H2;;;1H2;/q+2;;;2*-2;;+2. The van der Waals surface area contributed by atoms with E-state index in [9.17, 15) is 0 Å². The summed E-state index contributed by atoms with van der Waals surface area (Å²) in [6, 6.07) is 0. The first-order chi connectivity index (χ1) is 2.00. The van der Waals surface area contributed by atoms with Gasteiger partial charge in [0.1, 0.15) is 0 Å². The number of rotatable bonds is 0. The fraction of sp³-hybridized carbons (Fsp3) is 0. The van der Waals surface area contributed by atoms with E-state index < -0.39 is 9.05 Å². The molecule has 0 saturated carbocycles. The average Bonchev–Trinajstić information content (AvgIpc) is 0.722. The normalized spacial score (nSPS) is 5.27. The van der Waals surface area contributed by atoms with Crippen LogP contribution in [-0.2, 0) is 67.7 Å². The Kier molecular flexibility index (Phi) is 110. The third kappa shape index (κ3) is 394. The largest absolute Gasteiger partial charge is 2.00 e. The first-order valence-corrected chi connectivity index (χ1v) is 3.10. The summed E-state index contributed by atoms with van der Waals surface area (Å²) in [6.45, 7) is 0. The SMILES string of the molecule is O.O=S(O)(O)=S.S.[Mn+2].[O-2].[O-2].[Zn+2]. The zero-order chi connectivity index (χ0) is 4.50. The predicted molar refractivity (Wildman–Crippen MR) is 36.1 cm³/mol. The van der Waals surface area contributed by atoms with Crippen molar-refractivity contribution in [2.45, 2.75) is 0 Å². The molecule has 11 heavy (non-hydrogen) atoms. The molecule has 0 aliphatic rings. The van der Waals surface area contributed by atoms with Crippen molar-refractivity contribution in [1.29, 1.82) is 0 Å². The summed E-state index contributed by atoms with van der Waals surface area (Å²) >= 11 is 3.47. The van der Waals surface area contributed by atoms with Crippen LogP contribution in [0.25, 0.3) is 0 Å². The zero-order valence-corrected chi connectivity index (χ0v) is 11.8. The van der Waals surface area contributed by atoms with Crippen LogP contribution >= 0.6 is 13.5 Å².